The monoisotopic (exact) mass is 318 g/mol. The number of benzene rings is 2. The van der Waals surface area contributed by atoms with Gasteiger partial charge in [-0.05, 0) is 30.7 Å². The van der Waals surface area contributed by atoms with Crippen LogP contribution in [0.4, 0.5) is 0 Å². The van der Waals surface area contributed by atoms with Gasteiger partial charge >= 0.3 is 0 Å². The van der Waals surface area contributed by atoms with Gasteiger partial charge in [-0.3, -0.25) is 4.90 Å². The number of nitrogens with zero attached hydrogens (tertiary/aromatic N) is 2. The van der Waals surface area contributed by atoms with E-state index in [-0.39, 0.29) is 6.23 Å². The van der Waals surface area contributed by atoms with Gasteiger partial charge in [0.1, 0.15) is 6.23 Å². The lowest BCUT2D eigenvalue weighted by atomic mass is 10.1. The normalized spacial score (nSPS) is 18.1. The topological polar surface area (TPSA) is 17.4 Å². The predicted octanol–water partition coefficient (Wildman–Crippen LogP) is 4.32. The quantitative estimate of drug-likeness (QED) is 0.713. The molecular formula is C21H22N2O. The molecule has 0 amide bonds. The summed E-state index contributed by atoms with van der Waals surface area (Å²) in [6.45, 7) is 4.81. The van der Waals surface area contributed by atoms with Crippen molar-refractivity contribution in [3.63, 3.8) is 0 Å². The van der Waals surface area contributed by atoms with Crippen LogP contribution >= 0.6 is 0 Å². The van der Waals surface area contributed by atoms with Gasteiger partial charge < -0.3 is 9.30 Å². The molecule has 1 aliphatic rings. The van der Waals surface area contributed by atoms with Crippen LogP contribution in [0.3, 0.4) is 0 Å². The summed E-state index contributed by atoms with van der Waals surface area (Å²) in [7, 11) is 0. The fourth-order valence-electron chi connectivity index (χ4n) is 3.34. The molecule has 1 atom stereocenters. The third-order valence-corrected chi connectivity index (χ3v) is 4.51. The highest BCUT2D eigenvalue weighted by Gasteiger charge is 2.27. The summed E-state index contributed by atoms with van der Waals surface area (Å²) >= 11 is 0. The fraction of sp³-hybridized carbons (Fsp3) is 0.238. The molecule has 4 rings (SSSR count). The molecule has 0 N–H and O–H groups in total. The standard InChI is InChI=1S/C21H22N2O/c1-17-6-5-7-18(14-17)15-23-12-13-24-21(23)19-10-11-22(16-19)20-8-3-2-4-9-20/h2-11,14,16,21H,12-13,15H2,1H3/t21-/m1/s1. The fourth-order valence-corrected chi connectivity index (χ4v) is 3.34. The Hall–Kier alpha value is -2.36. The van der Waals surface area contributed by atoms with E-state index in [2.05, 4.69) is 83.4 Å². The van der Waals surface area contributed by atoms with Gasteiger partial charge in [-0.25, -0.2) is 0 Å². The number of hydrogen-bond acceptors (Lipinski definition) is 2. The van der Waals surface area contributed by atoms with E-state index in [9.17, 15) is 0 Å². The molecule has 1 saturated heterocycles. The van der Waals surface area contributed by atoms with Gasteiger partial charge in [0.15, 0.2) is 0 Å². The Morgan fingerprint density at radius 3 is 2.75 bits per heavy atom. The maximum absolute atomic E-state index is 6.02. The predicted molar refractivity (Wildman–Crippen MR) is 96.1 cm³/mol. The van der Waals surface area contributed by atoms with E-state index in [0.29, 0.717) is 0 Å². The molecule has 2 heterocycles. The number of aryl methyl sites for hydroxylation is 1. The zero-order valence-corrected chi connectivity index (χ0v) is 13.9. The lowest BCUT2D eigenvalue weighted by Crippen LogP contribution is -2.23. The zero-order chi connectivity index (χ0) is 16.4. The van der Waals surface area contributed by atoms with Crippen LogP contribution in [-0.2, 0) is 11.3 Å². The minimum Gasteiger partial charge on any atom is -0.357 e. The van der Waals surface area contributed by atoms with Crippen LogP contribution in [0.5, 0.6) is 0 Å². The van der Waals surface area contributed by atoms with Crippen molar-refractivity contribution in [1.82, 2.24) is 9.47 Å². The highest BCUT2D eigenvalue weighted by atomic mass is 16.5. The second-order valence-corrected chi connectivity index (χ2v) is 6.37. The van der Waals surface area contributed by atoms with Crippen molar-refractivity contribution in [2.24, 2.45) is 0 Å². The SMILES string of the molecule is Cc1cccc(CN2CCO[C@@H]2c2ccn(-c3ccccc3)c2)c1. The van der Waals surface area contributed by atoms with Gasteiger partial charge in [0.2, 0.25) is 0 Å². The summed E-state index contributed by atoms with van der Waals surface area (Å²) in [6, 6.07) is 21.3. The number of ether oxygens (including phenoxy) is 1. The van der Waals surface area contributed by atoms with Gasteiger partial charge in [-0.1, -0.05) is 48.0 Å². The van der Waals surface area contributed by atoms with E-state index in [0.717, 1.165) is 19.7 Å². The molecule has 2 aromatic carbocycles. The molecule has 1 aromatic heterocycles. The highest BCUT2D eigenvalue weighted by molar-refractivity contribution is 5.34. The average molecular weight is 318 g/mol. The first-order valence-electron chi connectivity index (χ1n) is 8.44. The molecule has 3 nitrogen and oxygen atoms in total. The van der Waals surface area contributed by atoms with Crippen LogP contribution in [0.1, 0.15) is 22.9 Å². The summed E-state index contributed by atoms with van der Waals surface area (Å²) in [6.07, 6.45) is 4.32. The molecular weight excluding hydrogens is 296 g/mol. The van der Waals surface area contributed by atoms with Crippen molar-refractivity contribution in [3.8, 4) is 5.69 Å². The van der Waals surface area contributed by atoms with Crippen molar-refractivity contribution in [1.29, 1.82) is 0 Å². The first-order valence-corrected chi connectivity index (χ1v) is 8.44. The summed E-state index contributed by atoms with van der Waals surface area (Å²) in [5.41, 5.74) is 5.03. The second-order valence-electron chi connectivity index (χ2n) is 6.37. The second kappa shape index (κ2) is 6.63. The molecule has 0 spiro atoms. The Bertz CT molecular complexity index is 809. The Kier molecular flexibility index (Phi) is 4.20. The molecule has 0 aliphatic carbocycles. The molecule has 1 fully saturated rings. The largest absolute Gasteiger partial charge is 0.357 e. The molecule has 122 valence electrons. The molecule has 0 saturated carbocycles. The van der Waals surface area contributed by atoms with Crippen LogP contribution < -0.4 is 0 Å². The van der Waals surface area contributed by atoms with Crippen LogP contribution in [0.2, 0.25) is 0 Å². The van der Waals surface area contributed by atoms with Crippen molar-refractivity contribution in [3.05, 3.63) is 89.7 Å². The number of hydrogen-bond donors (Lipinski definition) is 0. The van der Waals surface area contributed by atoms with Gasteiger partial charge in [0.05, 0.1) is 6.61 Å². The van der Waals surface area contributed by atoms with E-state index in [1.54, 1.807) is 0 Å². The molecule has 0 unspecified atom stereocenters. The van der Waals surface area contributed by atoms with E-state index in [1.165, 1.54) is 22.4 Å². The van der Waals surface area contributed by atoms with Crippen LogP contribution in [0.15, 0.2) is 73.1 Å². The Morgan fingerprint density at radius 2 is 1.92 bits per heavy atom. The maximum Gasteiger partial charge on any atom is 0.138 e. The average Bonchev–Trinajstić information content (AvgIpc) is 3.25. The molecule has 1 aliphatic heterocycles. The van der Waals surface area contributed by atoms with Gasteiger partial charge in [0.25, 0.3) is 0 Å². The highest BCUT2D eigenvalue weighted by Crippen LogP contribution is 2.29. The summed E-state index contributed by atoms with van der Waals surface area (Å²) in [4.78, 5) is 2.40. The van der Waals surface area contributed by atoms with Crippen LogP contribution in [-0.4, -0.2) is 22.6 Å². The smallest absolute Gasteiger partial charge is 0.138 e. The first kappa shape index (κ1) is 15.2. The third-order valence-electron chi connectivity index (χ3n) is 4.51. The summed E-state index contributed by atoms with van der Waals surface area (Å²) in [5, 5.41) is 0. The number of para-hydroxylation sites is 1. The lowest BCUT2D eigenvalue weighted by molar-refractivity contribution is 0.0288. The minimum absolute atomic E-state index is 0.0375. The lowest BCUT2D eigenvalue weighted by Gasteiger charge is -2.22. The molecule has 3 aromatic rings. The van der Waals surface area contributed by atoms with Gasteiger partial charge in [-0.15, -0.1) is 0 Å². The zero-order valence-electron chi connectivity index (χ0n) is 13.9. The number of rotatable bonds is 4. The summed E-state index contributed by atoms with van der Waals surface area (Å²) < 4.78 is 8.17. The maximum atomic E-state index is 6.02. The van der Waals surface area contributed by atoms with Crippen LogP contribution in [0, 0.1) is 6.92 Å². The Balaban J connectivity index is 1.54. The molecule has 24 heavy (non-hydrogen) atoms. The van der Waals surface area contributed by atoms with Crippen molar-refractivity contribution >= 4 is 0 Å². The molecule has 0 radical (unpaired) electrons. The van der Waals surface area contributed by atoms with Gasteiger partial charge in [-0.2, -0.15) is 0 Å². The van der Waals surface area contributed by atoms with Gasteiger partial charge in [0, 0.05) is 36.7 Å². The van der Waals surface area contributed by atoms with E-state index < -0.39 is 0 Å². The van der Waals surface area contributed by atoms with Crippen LogP contribution in [0.25, 0.3) is 5.69 Å². The Labute approximate surface area is 143 Å². The first-order chi connectivity index (χ1) is 11.8. The Morgan fingerprint density at radius 1 is 1.04 bits per heavy atom. The van der Waals surface area contributed by atoms with Crippen molar-refractivity contribution in [2.75, 3.05) is 13.2 Å². The van der Waals surface area contributed by atoms with E-state index in [4.69, 9.17) is 4.74 Å². The van der Waals surface area contributed by atoms with Crippen molar-refractivity contribution < 1.29 is 4.74 Å². The third kappa shape index (κ3) is 3.14. The molecule has 3 heteroatoms. The van der Waals surface area contributed by atoms with Crippen molar-refractivity contribution in [2.45, 2.75) is 19.7 Å². The van der Waals surface area contributed by atoms with E-state index >= 15 is 0 Å². The number of aromatic nitrogens is 1. The minimum atomic E-state index is 0.0375. The molecule has 0 bridgehead atoms. The van der Waals surface area contributed by atoms with E-state index in [1.807, 2.05) is 6.07 Å². The summed E-state index contributed by atoms with van der Waals surface area (Å²) in [5.74, 6) is 0.